The van der Waals surface area contributed by atoms with Crippen LogP contribution >= 0.6 is 0 Å². The standard InChI is InChI=1S/C40H60N4O10/c1-25(2)29(18-28-13-14-32(50-9)34(19-28)51-17-11-16-49-8)20-31-33(21-30(26(3)4)36(45)43-22-40(6,7)38(41)47)52-23-44(31)39(48)54-24-53-37(46)35-27(5)12-10-15-42-35/h10,12-15,19,25-26,29-31,33H,11,16-18,20-24H2,1-9H3,(H2,41,47)(H,43,45)/t29-,30-,31-,33-/m0/s1. The number of primary amides is 1. The van der Waals surface area contributed by atoms with E-state index in [4.69, 9.17) is 34.2 Å². The van der Waals surface area contributed by atoms with E-state index < -0.39 is 48.2 Å². The number of nitrogens with two attached hydrogens (primary N) is 1. The van der Waals surface area contributed by atoms with Crippen molar-refractivity contribution in [3.8, 4) is 11.5 Å². The predicted molar refractivity (Wildman–Crippen MR) is 202 cm³/mol. The second-order valence-corrected chi connectivity index (χ2v) is 15.2. The van der Waals surface area contributed by atoms with Crippen molar-refractivity contribution in [1.82, 2.24) is 15.2 Å². The van der Waals surface area contributed by atoms with Gasteiger partial charge in [-0.1, -0.05) is 39.8 Å². The molecule has 2 aromatic rings. The number of hydrogen-bond donors (Lipinski definition) is 2. The first-order chi connectivity index (χ1) is 25.6. The van der Waals surface area contributed by atoms with Gasteiger partial charge in [-0.25, -0.2) is 14.6 Å². The Bertz CT molecular complexity index is 1550. The Hall–Kier alpha value is -4.43. The molecule has 3 amide bonds. The highest BCUT2D eigenvalue weighted by molar-refractivity contribution is 5.88. The Balaban J connectivity index is 1.85. The van der Waals surface area contributed by atoms with E-state index in [1.165, 1.54) is 11.1 Å². The molecule has 4 atom stereocenters. The summed E-state index contributed by atoms with van der Waals surface area (Å²) in [7, 11) is 3.25. The first-order valence-electron chi connectivity index (χ1n) is 18.6. The second kappa shape index (κ2) is 20.9. The lowest BCUT2D eigenvalue weighted by Gasteiger charge is -2.33. The molecule has 1 aromatic heterocycles. The van der Waals surface area contributed by atoms with Crippen molar-refractivity contribution < 1.29 is 47.6 Å². The number of rotatable bonds is 21. The highest BCUT2D eigenvalue weighted by atomic mass is 16.7. The summed E-state index contributed by atoms with van der Waals surface area (Å²) in [6, 6.07) is 8.86. The Morgan fingerprint density at radius 3 is 2.39 bits per heavy atom. The molecule has 2 heterocycles. The quantitative estimate of drug-likeness (QED) is 0.0962. The largest absolute Gasteiger partial charge is 0.493 e. The van der Waals surface area contributed by atoms with E-state index in [2.05, 4.69) is 24.1 Å². The minimum absolute atomic E-state index is 0.0666. The zero-order chi connectivity index (χ0) is 40.0. The number of amides is 3. The number of pyridine rings is 1. The molecule has 54 heavy (non-hydrogen) atoms. The molecule has 3 N–H and O–H groups in total. The lowest BCUT2D eigenvalue weighted by Crippen LogP contribution is -2.47. The molecule has 1 aliphatic rings. The minimum atomic E-state index is -0.927. The van der Waals surface area contributed by atoms with Crippen molar-refractivity contribution in [3.05, 3.63) is 53.3 Å². The summed E-state index contributed by atoms with van der Waals surface area (Å²) < 4.78 is 33.7. The monoisotopic (exact) mass is 756 g/mol. The molecule has 14 nitrogen and oxygen atoms in total. The molecule has 0 radical (unpaired) electrons. The normalized spacial score (nSPS) is 16.9. The number of aryl methyl sites for hydroxylation is 1. The smallest absolute Gasteiger partial charge is 0.414 e. The van der Waals surface area contributed by atoms with E-state index in [0.717, 1.165) is 12.0 Å². The number of carbonyl (C=O) groups is 4. The lowest BCUT2D eigenvalue weighted by atomic mass is 9.80. The van der Waals surface area contributed by atoms with Crippen LogP contribution in [0.2, 0.25) is 0 Å². The number of hydrogen-bond acceptors (Lipinski definition) is 11. The molecular weight excluding hydrogens is 696 g/mol. The van der Waals surface area contributed by atoms with Crippen molar-refractivity contribution in [3.63, 3.8) is 0 Å². The fraction of sp³-hybridized carbons (Fsp3) is 0.625. The topological polar surface area (TPSA) is 178 Å². The van der Waals surface area contributed by atoms with Gasteiger partial charge in [0.25, 0.3) is 0 Å². The first kappa shape index (κ1) is 44.0. The molecular formula is C40H60N4O10. The molecule has 1 aliphatic heterocycles. The van der Waals surface area contributed by atoms with Crippen LogP contribution in [0.25, 0.3) is 0 Å². The fourth-order valence-corrected chi connectivity index (χ4v) is 6.27. The van der Waals surface area contributed by atoms with Gasteiger partial charge >= 0.3 is 12.1 Å². The number of methoxy groups -OCH3 is 2. The molecule has 3 rings (SSSR count). The van der Waals surface area contributed by atoms with Crippen LogP contribution in [0, 0.1) is 36.0 Å². The van der Waals surface area contributed by atoms with E-state index in [1.807, 2.05) is 32.0 Å². The number of nitrogens with zero attached hydrogens (tertiary/aromatic N) is 2. The minimum Gasteiger partial charge on any atom is -0.493 e. The number of esters is 1. The molecule has 0 spiro atoms. The molecule has 0 unspecified atom stereocenters. The van der Waals surface area contributed by atoms with Crippen LogP contribution in [-0.2, 0) is 35.0 Å². The Morgan fingerprint density at radius 2 is 1.76 bits per heavy atom. The van der Waals surface area contributed by atoms with Crippen LogP contribution < -0.4 is 20.5 Å². The Labute approximate surface area is 319 Å². The maximum absolute atomic E-state index is 13.6. The number of carbonyl (C=O) groups excluding carboxylic acids is 4. The highest BCUT2D eigenvalue weighted by Crippen LogP contribution is 2.36. The third-order valence-corrected chi connectivity index (χ3v) is 10.0. The summed E-state index contributed by atoms with van der Waals surface area (Å²) in [6.07, 6.45) is 2.50. The third kappa shape index (κ3) is 12.6. The van der Waals surface area contributed by atoms with Crippen molar-refractivity contribution in [1.29, 1.82) is 0 Å². The summed E-state index contributed by atoms with van der Waals surface area (Å²) in [5.74, 6) is -0.485. The maximum atomic E-state index is 13.6. The molecule has 300 valence electrons. The Kier molecular flexibility index (Phi) is 17.0. The van der Waals surface area contributed by atoms with E-state index in [1.54, 1.807) is 47.1 Å². The fourth-order valence-electron chi connectivity index (χ4n) is 6.27. The summed E-state index contributed by atoms with van der Waals surface area (Å²) in [5.41, 5.74) is 6.42. The highest BCUT2D eigenvalue weighted by Gasteiger charge is 2.43. The van der Waals surface area contributed by atoms with Crippen LogP contribution in [0.5, 0.6) is 11.5 Å². The summed E-state index contributed by atoms with van der Waals surface area (Å²) in [6.45, 7) is 13.7. The van der Waals surface area contributed by atoms with Crippen LogP contribution in [0.4, 0.5) is 4.79 Å². The van der Waals surface area contributed by atoms with Gasteiger partial charge in [-0.05, 0) is 87.1 Å². The summed E-state index contributed by atoms with van der Waals surface area (Å²) in [4.78, 5) is 57.3. The maximum Gasteiger partial charge on any atom is 0.414 e. The number of aromatic nitrogens is 1. The van der Waals surface area contributed by atoms with Gasteiger partial charge in [0.15, 0.2) is 17.2 Å². The SMILES string of the molecule is COCCCOc1cc(C[C@@H](C[C@H]2[C@H](C[C@H](C(=O)NCC(C)(C)C(N)=O)C(C)C)OCN2C(=O)OCOC(=O)c2ncccc2C)C(C)C)ccc1OC. The molecule has 0 bridgehead atoms. The third-order valence-electron chi connectivity index (χ3n) is 10.0. The van der Waals surface area contributed by atoms with E-state index in [9.17, 15) is 19.2 Å². The lowest BCUT2D eigenvalue weighted by molar-refractivity contribution is -0.130. The average molecular weight is 757 g/mol. The van der Waals surface area contributed by atoms with Gasteiger partial charge in [0.1, 0.15) is 6.73 Å². The van der Waals surface area contributed by atoms with Gasteiger partial charge in [-0.15, -0.1) is 0 Å². The van der Waals surface area contributed by atoms with E-state index in [-0.39, 0.29) is 42.6 Å². The van der Waals surface area contributed by atoms with Crippen molar-refractivity contribution in [2.75, 3.05) is 47.5 Å². The van der Waals surface area contributed by atoms with Gasteiger partial charge in [0.2, 0.25) is 18.6 Å². The van der Waals surface area contributed by atoms with E-state index >= 15 is 0 Å². The van der Waals surface area contributed by atoms with Gasteiger partial charge in [-0.2, -0.15) is 0 Å². The number of benzene rings is 1. The van der Waals surface area contributed by atoms with Gasteiger partial charge in [0.05, 0.1) is 31.3 Å². The zero-order valence-electron chi connectivity index (χ0n) is 33.3. The molecule has 1 fully saturated rings. The van der Waals surface area contributed by atoms with Crippen molar-refractivity contribution in [2.45, 2.75) is 86.3 Å². The van der Waals surface area contributed by atoms with Gasteiger partial charge in [0, 0.05) is 38.8 Å². The zero-order valence-corrected chi connectivity index (χ0v) is 33.3. The molecule has 1 saturated heterocycles. The predicted octanol–water partition coefficient (Wildman–Crippen LogP) is 5.29. The number of ether oxygens (including phenoxy) is 6. The van der Waals surface area contributed by atoms with Crippen LogP contribution in [0.1, 0.15) is 82.4 Å². The number of nitrogens with one attached hydrogen (secondary N) is 1. The van der Waals surface area contributed by atoms with Crippen LogP contribution in [0.15, 0.2) is 36.5 Å². The molecule has 14 heteroatoms. The van der Waals surface area contributed by atoms with Crippen molar-refractivity contribution in [2.24, 2.45) is 34.8 Å². The summed E-state index contributed by atoms with van der Waals surface area (Å²) >= 11 is 0. The van der Waals surface area contributed by atoms with Gasteiger partial charge in [-0.3, -0.25) is 14.5 Å². The van der Waals surface area contributed by atoms with Crippen LogP contribution in [-0.4, -0.2) is 93.4 Å². The summed E-state index contributed by atoms with van der Waals surface area (Å²) in [5, 5.41) is 2.91. The van der Waals surface area contributed by atoms with E-state index in [0.29, 0.717) is 49.5 Å². The second-order valence-electron chi connectivity index (χ2n) is 15.2. The molecule has 0 saturated carbocycles. The first-order valence-corrected chi connectivity index (χ1v) is 18.6. The average Bonchev–Trinajstić information content (AvgIpc) is 3.52. The van der Waals surface area contributed by atoms with Gasteiger partial charge < -0.3 is 39.5 Å². The van der Waals surface area contributed by atoms with Crippen molar-refractivity contribution >= 4 is 23.9 Å². The molecule has 1 aromatic carbocycles. The Morgan fingerprint density at radius 1 is 1.02 bits per heavy atom. The molecule has 0 aliphatic carbocycles. The van der Waals surface area contributed by atoms with Crippen LogP contribution in [0.3, 0.4) is 0 Å².